The van der Waals surface area contributed by atoms with Crippen LogP contribution in [0.3, 0.4) is 0 Å². The molecule has 0 heterocycles. The lowest BCUT2D eigenvalue weighted by atomic mass is 9.68. The molecule has 0 radical (unpaired) electrons. The minimum atomic E-state index is -1.08. The Morgan fingerprint density at radius 3 is 1.78 bits per heavy atom. The molecule has 3 aromatic carbocycles. The van der Waals surface area contributed by atoms with Crippen LogP contribution in [-0.4, -0.2) is 0 Å². The van der Waals surface area contributed by atoms with Gasteiger partial charge in [-0.2, -0.15) is 4.39 Å². The van der Waals surface area contributed by atoms with E-state index >= 15 is 8.78 Å². The standard InChI is InChI=1S/C36H38F4O/c1-3-5-22-41-32-21-20-31(35(39)36(32)40)28-16-14-27(15-17-28)30-19-18-29(33(37)34(30)38)26-12-10-25(11-13-26)24-8-6-23(4-2)7-9-24/h4-5,14-26H,2-3,6-13H2,1H3/b22-5-. The second-order valence-corrected chi connectivity index (χ2v) is 11.6. The Balaban J connectivity index is 1.27. The van der Waals surface area contributed by atoms with E-state index in [0.29, 0.717) is 34.9 Å². The lowest BCUT2D eigenvalue weighted by molar-refractivity contribution is 0.171. The molecule has 2 aliphatic carbocycles. The average Bonchev–Trinajstić information content (AvgIpc) is 3.01. The third kappa shape index (κ3) is 6.29. The van der Waals surface area contributed by atoms with Crippen molar-refractivity contribution in [2.24, 2.45) is 17.8 Å². The molecule has 216 valence electrons. The highest BCUT2D eigenvalue weighted by atomic mass is 19.2. The van der Waals surface area contributed by atoms with Crippen molar-refractivity contribution in [3.05, 3.63) is 102 Å². The molecule has 0 aromatic heterocycles. The molecule has 2 aliphatic rings. The normalized spacial score (nSPS) is 23.0. The van der Waals surface area contributed by atoms with E-state index in [-0.39, 0.29) is 22.8 Å². The van der Waals surface area contributed by atoms with Crippen molar-refractivity contribution in [2.45, 2.75) is 70.6 Å². The number of ether oxygens (including phenoxy) is 1. The summed E-state index contributed by atoms with van der Waals surface area (Å²) in [5.74, 6) is -1.83. The summed E-state index contributed by atoms with van der Waals surface area (Å²) in [7, 11) is 0. The maximum Gasteiger partial charge on any atom is 0.201 e. The Morgan fingerprint density at radius 1 is 0.683 bits per heavy atom. The van der Waals surface area contributed by atoms with Crippen molar-refractivity contribution < 1.29 is 22.3 Å². The van der Waals surface area contributed by atoms with Gasteiger partial charge in [0.05, 0.1) is 6.26 Å². The van der Waals surface area contributed by atoms with Crippen molar-refractivity contribution in [2.75, 3.05) is 0 Å². The van der Waals surface area contributed by atoms with E-state index in [9.17, 15) is 8.78 Å². The lowest BCUT2D eigenvalue weighted by Gasteiger charge is -2.37. The van der Waals surface area contributed by atoms with Gasteiger partial charge < -0.3 is 4.74 Å². The van der Waals surface area contributed by atoms with Gasteiger partial charge in [-0.25, -0.2) is 13.2 Å². The average molecular weight is 563 g/mol. The van der Waals surface area contributed by atoms with Gasteiger partial charge in [0.1, 0.15) is 0 Å². The van der Waals surface area contributed by atoms with Gasteiger partial charge in [-0.15, -0.1) is 6.58 Å². The van der Waals surface area contributed by atoms with Gasteiger partial charge in [0.25, 0.3) is 0 Å². The van der Waals surface area contributed by atoms with E-state index in [2.05, 4.69) is 12.7 Å². The molecule has 0 amide bonds. The molecule has 5 heteroatoms. The second kappa shape index (κ2) is 13.1. The first-order valence-corrected chi connectivity index (χ1v) is 14.9. The largest absolute Gasteiger partial charge is 0.462 e. The monoisotopic (exact) mass is 562 g/mol. The maximum absolute atomic E-state index is 15.4. The van der Waals surface area contributed by atoms with Gasteiger partial charge >= 0.3 is 0 Å². The molecule has 0 N–H and O–H groups in total. The fourth-order valence-corrected chi connectivity index (χ4v) is 6.75. The zero-order valence-corrected chi connectivity index (χ0v) is 23.7. The quantitative estimate of drug-likeness (QED) is 0.151. The molecule has 0 spiro atoms. The van der Waals surface area contributed by atoms with E-state index in [1.54, 1.807) is 42.5 Å². The molecular formula is C36H38F4O. The molecule has 41 heavy (non-hydrogen) atoms. The summed E-state index contributed by atoms with van der Waals surface area (Å²) in [6.07, 6.45) is 14.7. The summed E-state index contributed by atoms with van der Waals surface area (Å²) >= 11 is 0. The van der Waals surface area contributed by atoms with Crippen LogP contribution in [0.5, 0.6) is 5.75 Å². The van der Waals surface area contributed by atoms with Crippen molar-refractivity contribution >= 4 is 0 Å². The molecule has 5 rings (SSSR count). The van der Waals surface area contributed by atoms with E-state index < -0.39 is 23.3 Å². The third-order valence-electron chi connectivity index (χ3n) is 9.22. The minimum absolute atomic E-state index is 0.0315. The molecule has 0 unspecified atom stereocenters. The van der Waals surface area contributed by atoms with Crippen LogP contribution in [0, 0.1) is 41.0 Å². The summed E-state index contributed by atoms with van der Waals surface area (Å²) in [6, 6.07) is 12.6. The van der Waals surface area contributed by atoms with Gasteiger partial charge in [0, 0.05) is 11.1 Å². The van der Waals surface area contributed by atoms with Crippen molar-refractivity contribution in [1.29, 1.82) is 0 Å². The molecule has 3 aromatic rings. The van der Waals surface area contributed by atoms with Crippen LogP contribution in [0.25, 0.3) is 22.3 Å². The van der Waals surface area contributed by atoms with Gasteiger partial charge in [-0.3, -0.25) is 0 Å². The highest BCUT2D eigenvalue weighted by molar-refractivity contribution is 5.72. The van der Waals surface area contributed by atoms with Crippen LogP contribution >= 0.6 is 0 Å². The Morgan fingerprint density at radius 2 is 1.22 bits per heavy atom. The molecule has 0 aliphatic heterocycles. The van der Waals surface area contributed by atoms with Crippen molar-refractivity contribution in [3.63, 3.8) is 0 Å². The summed E-state index contributed by atoms with van der Waals surface area (Å²) in [6.45, 7) is 5.85. The number of rotatable bonds is 8. The Kier molecular flexibility index (Phi) is 9.32. The summed E-state index contributed by atoms with van der Waals surface area (Å²) in [4.78, 5) is 0. The van der Waals surface area contributed by atoms with Gasteiger partial charge in [-0.1, -0.05) is 49.4 Å². The highest BCUT2D eigenvalue weighted by Crippen LogP contribution is 2.45. The molecule has 0 bridgehead atoms. The third-order valence-corrected chi connectivity index (χ3v) is 9.22. The minimum Gasteiger partial charge on any atom is -0.462 e. The Labute approximate surface area is 240 Å². The summed E-state index contributed by atoms with van der Waals surface area (Å²) in [5, 5.41) is 0. The van der Waals surface area contributed by atoms with E-state index in [1.807, 2.05) is 6.92 Å². The Bertz CT molecular complexity index is 1380. The smallest absolute Gasteiger partial charge is 0.201 e. The first-order chi connectivity index (χ1) is 19.9. The van der Waals surface area contributed by atoms with E-state index in [0.717, 1.165) is 31.6 Å². The highest BCUT2D eigenvalue weighted by Gasteiger charge is 2.32. The second-order valence-electron chi connectivity index (χ2n) is 11.6. The maximum atomic E-state index is 15.4. The Hall–Kier alpha value is -3.34. The lowest BCUT2D eigenvalue weighted by Crippen LogP contribution is -2.25. The van der Waals surface area contributed by atoms with Crippen LogP contribution in [0.1, 0.15) is 76.2 Å². The van der Waals surface area contributed by atoms with Crippen LogP contribution in [0.2, 0.25) is 0 Å². The zero-order valence-electron chi connectivity index (χ0n) is 23.7. The number of hydrogen-bond acceptors (Lipinski definition) is 1. The molecule has 2 fully saturated rings. The van der Waals surface area contributed by atoms with Crippen LogP contribution in [0.4, 0.5) is 17.6 Å². The molecule has 2 saturated carbocycles. The summed E-state index contributed by atoms with van der Waals surface area (Å²) in [5.41, 5.74) is 1.58. The predicted octanol–water partition coefficient (Wildman–Crippen LogP) is 11.1. The number of benzene rings is 3. The zero-order chi connectivity index (χ0) is 28.9. The van der Waals surface area contributed by atoms with Gasteiger partial charge in [0.2, 0.25) is 5.82 Å². The van der Waals surface area contributed by atoms with E-state index in [1.165, 1.54) is 44.1 Å². The van der Waals surface area contributed by atoms with Crippen molar-refractivity contribution in [1.82, 2.24) is 0 Å². The number of hydrogen-bond donors (Lipinski definition) is 0. The van der Waals surface area contributed by atoms with Gasteiger partial charge in [0.15, 0.2) is 23.2 Å². The van der Waals surface area contributed by atoms with Crippen LogP contribution in [0.15, 0.2) is 73.5 Å². The van der Waals surface area contributed by atoms with E-state index in [4.69, 9.17) is 4.74 Å². The first kappa shape index (κ1) is 29.2. The van der Waals surface area contributed by atoms with Crippen molar-refractivity contribution in [3.8, 4) is 28.0 Å². The number of allylic oxidation sites excluding steroid dienone is 2. The topological polar surface area (TPSA) is 9.23 Å². The first-order valence-electron chi connectivity index (χ1n) is 14.9. The molecule has 0 atom stereocenters. The fraction of sp³-hybridized carbons (Fsp3) is 0.389. The fourth-order valence-electron chi connectivity index (χ4n) is 6.75. The summed E-state index contributed by atoms with van der Waals surface area (Å²) < 4.78 is 65.2. The van der Waals surface area contributed by atoms with Crippen LogP contribution in [-0.2, 0) is 0 Å². The SMILES string of the molecule is C=CC1CCC(C2CCC(c3ccc(-c4ccc(-c5ccc(O/C=C\CC)c(F)c5F)cc4)c(F)c3F)CC2)CC1. The molecular weight excluding hydrogens is 524 g/mol. The van der Waals surface area contributed by atoms with Gasteiger partial charge in [-0.05, 0) is 116 Å². The molecule has 1 nitrogen and oxygen atoms in total. The predicted molar refractivity (Wildman–Crippen MR) is 158 cm³/mol. The number of halogens is 4. The van der Waals surface area contributed by atoms with Crippen LogP contribution < -0.4 is 4.74 Å². The molecule has 0 saturated heterocycles.